The maximum absolute atomic E-state index is 12.7. The second-order valence-corrected chi connectivity index (χ2v) is 9.85. The van der Waals surface area contributed by atoms with Crippen molar-refractivity contribution in [3.8, 4) is 12.1 Å². The fourth-order valence-electron chi connectivity index (χ4n) is 2.24. The van der Waals surface area contributed by atoms with Gasteiger partial charge in [0, 0.05) is 0 Å². The van der Waals surface area contributed by atoms with Crippen molar-refractivity contribution in [1.82, 2.24) is 0 Å². The molecular formula is C19H16N2O4S2. The number of benzene rings is 2. The van der Waals surface area contributed by atoms with Gasteiger partial charge in [-0.15, -0.1) is 0 Å². The van der Waals surface area contributed by atoms with E-state index in [1.165, 1.54) is 30.3 Å². The molecule has 2 aromatic rings. The van der Waals surface area contributed by atoms with Gasteiger partial charge >= 0.3 is 0 Å². The third-order valence-electron chi connectivity index (χ3n) is 3.84. The van der Waals surface area contributed by atoms with E-state index >= 15 is 0 Å². The van der Waals surface area contributed by atoms with Crippen LogP contribution < -0.4 is 0 Å². The van der Waals surface area contributed by atoms with E-state index < -0.39 is 29.8 Å². The molecule has 0 amide bonds. The number of rotatable bonds is 5. The number of aryl methyl sites for hydroxylation is 2. The number of nitriles is 2. The monoisotopic (exact) mass is 400 g/mol. The van der Waals surface area contributed by atoms with Crippen molar-refractivity contribution >= 4 is 19.7 Å². The molecule has 0 spiro atoms. The molecule has 8 heteroatoms. The van der Waals surface area contributed by atoms with E-state index in [0.717, 1.165) is 11.1 Å². The van der Waals surface area contributed by atoms with Crippen LogP contribution in [0.5, 0.6) is 0 Å². The summed E-state index contributed by atoms with van der Waals surface area (Å²) in [6.07, 6.45) is 0.685. The highest BCUT2D eigenvalue weighted by Crippen LogP contribution is 2.23. The summed E-state index contributed by atoms with van der Waals surface area (Å²) in [6, 6.07) is 14.7. The molecule has 6 nitrogen and oxygen atoms in total. The Labute approximate surface area is 158 Å². The number of sulfone groups is 2. The zero-order chi connectivity index (χ0) is 20.2. The predicted octanol–water partition coefficient (Wildman–Crippen LogP) is 2.85. The molecule has 2 rings (SSSR count). The molecule has 0 saturated carbocycles. The Balaban J connectivity index is 2.54. The smallest absolute Gasteiger partial charge is 0.216 e. The van der Waals surface area contributed by atoms with Crippen LogP contribution in [0.25, 0.3) is 0 Å². The molecule has 0 aliphatic heterocycles. The molecule has 0 N–H and O–H groups in total. The maximum atomic E-state index is 12.7. The summed E-state index contributed by atoms with van der Waals surface area (Å²) in [5.74, 6) is 0. The standard InChI is InChI=1S/C19H16N2O4S2/c1-14-3-7-16(8-4-14)26(22,23)18(12-20)11-19(13-21)27(24,25)17-9-5-15(2)6-10-17/h3-11,18H,1-2H3/b19-11+. The second-order valence-electron chi connectivity index (χ2n) is 5.87. The zero-order valence-electron chi connectivity index (χ0n) is 14.6. The molecule has 0 radical (unpaired) electrons. The molecular weight excluding hydrogens is 384 g/mol. The highest BCUT2D eigenvalue weighted by Gasteiger charge is 2.30. The molecule has 1 unspecified atom stereocenters. The molecule has 0 heterocycles. The van der Waals surface area contributed by atoms with E-state index in [2.05, 4.69) is 0 Å². The van der Waals surface area contributed by atoms with Crippen LogP contribution >= 0.6 is 0 Å². The number of hydrogen-bond donors (Lipinski definition) is 0. The third kappa shape index (κ3) is 4.25. The van der Waals surface area contributed by atoms with Crippen molar-refractivity contribution in [2.45, 2.75) is 28.9 Å². The Hall–Kier alpha value is -2.94. The molecule has 0 fully saturated rings. The van der Waals surface area contributed by atoms with Gasteiger partial charge < -0.3 is 0 Å². The average molecular weight is 400 g/mol. The summed E-state index contributed by atoms with van der Waals surface area (Å²) >= 11 is 0. The summed E-state index contributed by atoms with van der Waals surface area (Å²) in [7, 11) is -8.41. The Morgan fingerprint density at radius 2 is 1.30 bits per heavy atom. The molecule has 0 aliphatic carbocycles. The Morgan fingerprint density at radius 1 is 0.852 bits per heavy atom. The van der Waals surface area contributed by atoms with Crippen molar-refractivity contribution in [3.05, 3.63) is 70.6 Å². The van der Waals surface area contributed by atoms with Gasteiger partial charge in [-0.25, -0.2) is 16.8 Å². The minimum Gasteiger partial charge on any atom is -0.222 e. The van der Waals surface area contributed by atoms with Crippen molar-refractivity contribution in [3.63, 3.8) is 0 Å². The van der Waals surface area contributed by atoms with Crippen LogP contribution in [0.2, 0.25) is 0 Å². The Morgan fingerprint density at radius 3 is 1.70 bits per heavy atom. The first kappa shape index (κ1) is 20.4. The molecule has 0 saturated heterocycles. The summed E-state index contributed by atoms with van der Waals surface area (Å²) in [6.45, 7) is 3.55. The lowest BCUT2D eigenvalue weighted by atomic mass is 10.2. The van der Waals surface area contributed by atoms with Gasteiger partial charge in [0.2, 0.25) is 9.84 Å². The lowest BCUT2D eigenvalue weighted by Crippen LogP contribution is -2.19. The molecule has 0 aromatic heterocycles. The van der Waals surface area contributed by atoms with Gasteiger partial charge in [-0.3, -0.25) is 0 Å². The zero-order valence-corrected chi connectivity index (χ0v) is 16.3. The molecule has 2 aromatic carbocycles. The second kappa shape index (κ2) is 7.75. The topological polar surface area (TPSA) is 116 Å². The van der Waals surface area contributed by atoms with Crippen molar-refractivity contribution in [2.75, 3.05) is 0 Å². The van der Waals surface area contributed by atoms with Crippen molar-refractivity contribution in [1.29, 1.82) is 10.5 Å². The van der Waals surface area contributed by atoms with Gasteiger partial charge in [-0.1, -0.05) is 35.4 Å². The number of allylic oxidation sites excluding steroid dienone is 1. The first-order valence-electron chi connectivity index (χ1n) is 7.77. The van der Waals surface area contributed by atoms with E-state index in [1.54, 1.807) is 44.2 Å². The van der Waals surface area contributed by atoms with Crippen LogP contribution in [0.4, 0.5) is 0 Å². The SMILES string of the molecule is Cc1ccc(S(=O)(=O)/C(C#N)=C/C(C#N)S(=O)(=O)c2ccc(C)cc2)cc1. The summed E-state index contributed by atoms with van der Waals surface area (Å²) in [5, 5.41) is 16.8. The van der Waals surface area contributed by atoms with Crippen LogP contribution in [-0.4, -0.2) is 22.1 Å². The predicted molar refractivity (Wildman–Crippen MR) is 99.8 cm³/mol. The lowest BCUT2D eigenvalue weighted by Gasteiger charge is -2.09. The Bertz CT molecular complexity index is 1160. The summed E-state index contributed by atoms with van der Waals surface area (Å²) in [5.41, 5.74) is 1.66. The fraction of sp³-hybridized carbons (Fsp3) is 0.158. The van der Waals surface area contributed by atoms with Crippen LogP contribution in [0, 0.1) is 36.5 Å². The van der Waals surface area contributed by atoms with Crippen LogP contribution in [-0.2, 0) is 19.7 Å². The summed E-state index contributed by atoms with van der Waals surface area (Å²) in [4.78, 5) is -1.06. The largest absolute Gasteiger partial charge is 0.222 e. The van der Waals surface area contributed by atoms with Gasteiger partial charge in [0.05, 0.1) is 15.9 Å². The highest BCUT2D eigenvalue weighted by atomic mass is 32.2. The molecule has 0 bridgehead atoms. The first-order valence-corrected chi connectivity index (χ1v) is 10.8. The normalized spacial score (nSPS) is 13.4. The lowest BCUT2D eigenvalue weighted by molar-refractivity contribution is 0.594. The van der Waals surface area contributed by atoms with E-state index in [0.29, 0.717) is 6.08 Å². The molecule has 27 heavy (non-hydrogen) atoms. The minimum atomic E-state index is -4.24. The van der Waals surface area contributed by atoms with Gasteiger partial charge in [-0.2, -0.15) is 10.5 Å². The maximum Gasteiger partial charge on any atom is 0.216 e. The minimum absolute atomic E-state index is 0.124. The first-order chi connectivity index (χ1) is 12.6. The number of hydrogen-bond acceptors (Lipinski definition) is 6. The fourth-order valence-corrected chi connectivity index (χ4v) is 4.77. The average Bonchev–Trinajstić information content (AvgIpc) is 2.63. The van der Waals surface area contributed by atoms with Crippen LogP contribution in [0.15, 0.2) is 69.3 Å². The number of nitrogens with zero attached hydrogens (tertiary/aromatic N) is 2. The van der Waals surface area contributed by atoms with E-state index in [1.807, 2.05) is 0 Å². The van der Waals surface area contributed by atoms with Gasteiger partial charge in [0.1, 0.15) is 11.0 Å². The van der Waals surface area contributed by atoms with E-state index in [-0.39, 0.29) is 9.79 Å². The van der Waals surface area contributed by atoms with Gasteiger partial charge in [0.15, 0.2) is 15.1 Å². The van der Waals surface area contributed by atoms with E-state index in [4.69, 9.17) is 0 Å². The van der Waals surface area contributed by atoms with Gasteiger partial charge in [-0.05, 0) is 44.2 Å². The quantitative estimate of drug-likeness (QED) is 0.713. The van der Waals surface area contributed by atoms with Crippen LogP contribution in [0.1, 0.15) is 11.1 Å². The highest BCUT2D eigenvalue weighted by molar-refractivity contribution is 7.95. The van der Waals surface area contributed by atoms with Crippen molar-refractivity contribution < 1.29 is 16.8 Å². The molecule has 138 valence electrons. The third-order valence-corrected chi connectivity index (χ3v) is 7.38. The van der Waals surface area contributed by atoms with E-state index in [9.17, 15) is 27.4 Å². The molecule has 1 atom stereocenters. The van der Waals surface area contributed by atoms with Gasteiger partial charge in [0.25, 0.3) is 0 Å². The van der Waals surface area contributed by atoms with Crippen LogP contribution in [0.3, 0.4) is 0 Å². The summed E-state index contributed by atoms with van der Waals surface area (Å²) < 4.78 is 50.6. The Kier molecular flexibility index (Phi) is 5.85. The van der Waals surface area contributed by atoms with Crippen molar-refractivity contribution in [2.24, 2.45) is 0 Å². The molecule has 0 aliphatic rings.